The van der Waals surface area contributed by atoms with Gasteiger partial charge in [-0.15, -0.1) is 0 Å². The van der Waals surface area contributed by atoms with E-state index in [9.17, 15) is 22.8 Å². The van der Waals surface area contributed by atoms with Crippen molar-refractivity contribution in [1.82, 2.24) is 4.90 Å². The van der Waals surface area contributed by atoms with Crippen LogP contribution >= 0.6 is 0 Å². The number of carbonyl (C=O) groups excluding carboxylic acids is 2. The molecule has 1 N–H and O–H groups in total. The number of carbonyl (C=O) groups is 2. The third-order valence-electron chi connectivity index (χ3n) is 6.00. The van der Waals surface area contributed by atoms with Gasteiger partial charge in [-0.2, -0.15) is 13.2 Å². The van der Waals surface area contributed by atoms with Crippen molar-refractivity contribution >= 4 is 17.5 Å². The van der Waals surface area contributed by atoms with Gasteiger partial charge in [0.2, 0.25) is 5.91 Å². The Morgan fingerprint density at radius 3 is 2.33 bits per heavy atom. The van der Waals surface area contributed by atoms with Crippen LogP contribution in [0.5, 0.6) is 0 Å². The molecule has 2 aliphatic rings. The van der Waals surface area contributed by atoms with E-state index in [0.717, 1.165) is 47.5 Å². The van der Waals surface area contributed by atoms with Crippen molar-refractivity contribution in [1.29, 1.82) is 0 Å². The summed E-state index contributed by atoms with van der Waals surface area (Å²) in [6, 6.07) is 13.6. The second-order valence-corrected chi connectivity index (χ2v) is 8.45. The molecular formula is C25H21F3N2O3. The molecule has 1 aliphatic heterocycles. The minimum absolute atomic E-state index is 0.0500. The largest absolute Gasteiger partial charge is 0.461 e. The van der Waals surface area contributed by atoms with Crippen LogP contribution in [0.3, 0.4) is 0 Å². The lowest BCUT2D eigenvalue weighted by atomic mass is 10.1. The number of hydrogen-bond donors (Lipinski definition) is 1. The molecule has 8 heteroatoms. The molecule has 2 heterocycles. The first-order chi connectivity index (χ1) is 15.8. The molecule has 1 aliphatic carbocycles. The molecule has 0 bridgehead atoms. The molecule has 170 valence electrons. The predicted octanol–water partition coefficient (Wildman–Crippen LogP) is 5.51. The first kappa shape index (κ1) is 21.3. The number of hydrogen-bond acceptors (Lipinski definition) is 3. The molecule has 0 saturated heterocycles. The van der Waals surface area contributed by atoms with Crippen molar-refractivity contribution in [2.24, 2.45) is 5.92 Å². The van der Waals surface area contributed by atoms with E-state index in [4.69, 9.17) is 4.42 Å². The summed E-state index contributed by atoms with van der Waals surface area (Å²) in [6.07, 6.45) is -2.02. The van der Waals surface area contributed by atoms with Crippen LogP contribution in [0.15, 0.2) is 59.0 Å². The Morgan fingerprint density at radius 1 is 1.00 bits per heavy atom. The lowest BCUT2D eigenvalue weighted by molar-refractivity contribution is -0.137. The topological polar surface area (TPSA) is 62.6 Å². The van der Waals surface area contributed by atoms with E-state index in [-0.39, 0.29) is 23.3 Å². The summed E-state index contributed by atoms with van der Waals surface area (Å²) in [6.45, 7) is 0.750. The molecule has 2 aromatic carbocycles. The van der Waals surface area contributed by atoms with E-state index in [2.05, 4.69) is 5.32 Å². The van der Waals surface area contributed by atoms with Crippen molar-refractivity contribution in [2.75, 3.05) is 11.9 Å². The molecule has 5 rings (SSSR count). The highest BCUT2D eigenvalue weighted by Crippen LogP contribution is 2.33. The Hall–Kier alpha value is -3.55. The summed E-state index contributed by atoms with van der Waals surface area (Å²) in [5.41, 5.74) is 1.91. The van der Waals surface area contributed by atoms with Gasteiger partial charge in [-0.1, -0.05) is 0 Å². The molecule has 33 heavy (non-hydrogen) atoms. The molecule has 0 atom stereocenters. The van der Waals surface area contributed by atoms with Gasteiger partial charge in [0.05, 0.1) is 5.56 Å². The Morgan fingerprint density at radius 2 is 1.70 bits per heavy atom. The van der Waals surface area contributed by atoms with Crippen LogP contribution in [0, 0.1) is 5.92 Å². The fourth-order valence-corrected chi connectivity index (χ4v) is 3.94. The summed E-state index contributed by atoms with van der Waals surface area (Å²) < 4.78 is 44.3. The number of nitrogens with zero attached hydrogens (tertiary/aromatic N) is 1. The third kappa shape index (κ3) is 4.51. The van der Waals surface area contributed by atoms with Gasteiger partial charge in [0.15, 0.2) is 0 Å². The molecule has 1 aromatic heterocycles. The highest BCUT2D eigenvalue weighted by Gasteiger charge is 2.31. The number of halogens is 3. The van der Waals surface area contributed by atoms with E-state index in [1.165, 1.54) is 12.1 Å². The summed E-state index contributed by atoms with van der Waals surface area (Å²) in [4.78, 5) is 26.3. The van der Waals surface area contributed by atoms with E-state index in [1.54, 1.807) is 4.90 Å². The zero-order chi connectivity index (χ0) is 23.2. The highest BCUT2D eigenvalue weighted by atomic mass is 19.4. The van der Waals surface area contributed by atoms with Gasteiger partial charge in [-0.25, -0.2) is 0 Å². The second-order valence-electron chi connectivity index (χ2n) is 8.45. The quantitative estimate of drug-likeness (QED) is 0.565. The average molecular weight is 454 g/mol. The summed E-state index contributed by atoms with van der Waals surface area (Å²) in [5, 5.41) is 2.90. The average Bonchev–Trinajstić information content (AvgIpc) is 3.57. The standard InChI is InChI=1S/C25H21F3N2O3/c26-25(27,28)19-7-3-17(4-8-19)24(32)30-12-11-21-18(14-30)13-22(33-21)15-5-9-20(10-6-15)29-23(31)16-1-2-16/h3-10,13,16H,1-2,11-12,14H2,(H,29,31). The maximum atomic E-state index is 12.8. The predicted molar refractivity (Wildman–Crippen MR) is 115 cm³/mol. The summed E-state index contributed by atoms with van der Waals surface area (Å²) in [7, 11) is 0. The second kappa shape index (κ2) is 8.10. The molecular weight excluding hydrogens is 433 g/mol. The molecule has 0 spiro atoms. The lowest BCUT2D eigenvalue weighted by Crippen LogP contribution is -2.35. The fraction of sp³-hybridized carbons (Fsp3) is 0.280. The Balaban J connectivity index is 1.27. The van der Waals surface area contributed by atoms with Crippen LogP contribution in [0.2, 0.25) is 0 Å². The Kier molecular flexibility index (Phi) is 5.23. The normalized spacial score (nSPS) is 15.8. The van der Waals surface area contributed by atoms with Gasteiger partial charge in [0.25, 0.3) is 5.91 Å². The van der Waals surface area contributed by atoms with Crippen molar-refractivity contribution in [3.05, 3.63) is 77.0 Å². The molecule has 1 fully saturated rings. The number of furan rings is 1. The number of nitrogens with one attached hydrogen (secondary N) is 1. The zero-order valence-corrected chi connectivity index (χ0v) is 17.6. The Bertz CT molecular complexity index is 1190. The van der Waals surface area contributed by atoms with Crippen LogP contribution in [-0.2, 0) is 23.9 Å². The molecule has 3 aromatic rings. The van der Waals surface area contributed by atoms with Crippen LogP contribution < -0.4 is 5.32 Å². The molecule has 0 unspecified atom stereocenters. The van der Waals surface area contributed by atoms with Gasteiger partial charge < -0.3 is 14.6 Å². The number of benzene rings is 2. The number of amides is 2. The Labute approximate surface area is 188 Å². The minimum atomic E-state index is -4.43. The number of fused-ring (bicyclic) bond motifs is 1. The maximum absolute atomic E-state index is 12.8. The summed E-state index contributed by atoms with van der Waals surface area (Å²) in [5.74, 6) is 1.34. The van der Waals surface area contributed by atoms with Gasteiger partial charge >= 0.3 is 6.18 Å². The smallest absolute Gasteiger partial charge is 0.416 e. The van der Waals surface area contributed by atoms with Crippen molar-refractivity contribution in [3.8, 4) is 11.3 Å². The van der Waals surface area contributed by atoms with Gasteiger partial charge in [0.1, 0.15) is 11.5 Å². The van der Waals surface area contributed by atoms with Crippen molar-refractivity contribution < 1.29 is 27.2 Å². The van der Waals surface area contributed by atoms with Crippen LogP contribution in [0.4, 0.5) is 18.9 Å². The highest BCUT2D eigenvalue weighted by molar-refractivity contribution is 5.95. The number of rotatable bonds is 4. The fourth-order valence-electron chi connectivity index (χ4n) is 3.94. The van der Waals surface area contributed by atoms with E-state index in [1.807, 2.05) is 30.3 Å². The number of alkyl halides is 3. The first-order valence-corrected chi connectivity index (χ1v) is 10.8. The third-order valence-corrected chi connectivity index (χ3v) is 6.00. The first-order valence-electron chi connectivity index (χ1n) is 10.8. The van der Waals surface area contributed by atoms with Crippen molar-refractivity contribution in [2.45, 2.75) is 32.0 Å². The molecule has 2 amide bonds. The minimum Gasteiger partial charge on any atom is -0.461 e. The van der Waals surface area contributed by atoms with Gasteiger partial charge in [-0.05, 0) is 67.4 Å². The lowest BCUT2D eigenvalue weighted by Gasteiger charge is -2.26. The van der Waals surface area contributed by atoms with Crippen LogP contribution in [0.1, 0.15) is 40.1 Å². The van der Waals surface area contributed by atoms with Crippen LogP contribution in [-0.4, -0.2) is 23.3 Å². The summed E-state index contributed by atoms with van der Waals surface area (Å²) >= 11 is 0. The van der Waals surface area contributed by atoms with E-state index < -0.39 is 11.7 Å². The number of anilines is 1. The monoisotopic (exact) mass is 454 g/mol. The molecule has 0 radical (unpaired) electrons. The van der Waals surface area contributed by atoms with Gasteiger partial charge in [-0.3, -0.25) is 9.59 Å². The molecule has 1 saturated carbocycles. The SMILES string of the molecule is O=C(Nc1ccc(-c2cc3c(o2)CCN(C(=O)c2ccc(C(F)(F)F)cc2)C3)cc1)C1CC1. The molecule has 5 nitrogen and oxygen atoms in total. The zero-order valence-electron chi connectivity index (χ0n) is 17.6. The van der Waals surface area contributed by atoms with Crippen molar-refractivity contribution in [3.63, 3.8) is 0 Å². The van der Waals surface area contributed by atoms with Crippen LogP contribution in [0.25, 0.3) is 11.3 Å². The maximum Gasteiger partial charge on any atom is 0.416 e. The van der Waals surface area contributed by atoms with E-state index in [0.29, 0.717) is 25.3 Å². The van der Waals surface area contributed by atoms with E-state index >= 15 is 0 Å². The van der Waals surface area contributed by atoms with Gasteiger partial charge in [0, 0.05) is 47.8 Å².